The van der Waals surface area contributed by atoms with Crippen molar-refractivity contribution < 1.29 is 18.1 Å². The Balaban J connectivity index is 1.63. The van der Waals surface area contributed by atoms with Gasteiger partial charge in [0.05, 0.1) is 16.9 Å². The van der Waals surface area contributed by atoms with E-state index < -0.39 is 14.9 Å². The third-order valence-electron chi connectivity index (χ3n) is 5.19. The number of benzene rings is 3. The van der Waals surface area contributed by atoms with E-state index in [2.05, 4.69) is 5.32 Å². The van der Waals surface area contributed by atoms with Crippen LogP contribution in [0.4, 0.5) is 11.4 Å². The highest BCUT2D eigenvalue weighted by Gasteiger charge is 2.22. The van der Waals surface area contributed by atoms with Gasteiger partial charge in [-0.2, -0.15) is 0 Å². The molecule has 3 aromatic rings. The fraction of sp³-hybridized carbons (Fsp3) is 0.261. The fourth-order valence-electron chi connectivity index (χ4n) is 3.56. The number of carbonyl (C=O) groups is 1. The van der Waals surface area contributed by atoms with Crippen LogP contribution in [0.3, 0.4) is 0 Å². The molecule has 0 aliphatic heterocycles. The first-order valence-corrected chi connectivity index (χ1v) is 12.0. The molecule has 0 aliphatic rings. The van der Waals surface area contributed by atoms with Crippen LogP contribution in [0.2, 0.25) is 0 Å². The summed E-state index contributed by atoms with van der Waals surface area (Å²) in [5, 5.41) is 16.1. The van der Waals surface area contributed by atoms with Gasteiger partial charge in [0.15, 0.2) is 0 Å². The molecule has 8 nitrogen and oxygen atoms in total. The van der Waals surface area contributed by atoms with Crippen molar-refractivity contribution >= 4 is 38.1 Å². The van der Waals surface area contributed by atoms with Crippen molar-refractivity contribution in [3.8, 4) is 0 Å². The number of nitro groups is 1. The lowest BCUT2D eigenvalue weighted by Gasteiger charge is -2.24. The summed E-state index contributed by atoms with van der Waals surface area (Å²) in [6, 6.07) is 17.9. The lowest BCUT2D eigenvalue weighted by molar-refractivity contribution is -0.384. The molecule has 0 atom stereocenters. The van der Waals surface area contributed by atoms with E-state index in [1.807, 2.05) is 42.5 Å². The van der Waals surface area contributed by atoms with Gasteiger partial charge < -0.3 is 5.32 Å². The second kappa shape index (κ2) is 9.78. The Hall–Kier alpha value is -3.46. The molecule has 168 valence electrons. The van der Waals surface area contributed by atoms with Gasteiger partial charge >= 0.3 is 0 Å². The maximum absolute atomic E-state index is 12.4. The zero-order valence-corrected chi connectivity index (χ0v) is 18.8. The largest absolute Gasteiger partial charge is 0.352 e. The van der Waals surface area contributed by atoms with E-state index in [0.717, 1.165) is 26.9 Å². The van der Waals surface area contributed by atoms with Crippen molar-refractivity contribution in [1.82, 2.24) is 5.32 Å². The van der Waals surface area contributed by atoms with E-state index in [1.54, 1.807) is 6.92 Å². The van der Waals surface area contributed by atoms with Gasteiger partial charge in [-0.15, -0.1) is 0 Å². The Morgan fingerprint density at radius 1 is 1.09 bits per heavy atom. The topological polar surface area (TPSA) is 110 Å². The van der Waals surface area contributed by atoms with Crippen LogP contribution in [-0.2, 0) is 21.4 Å². The average Bonchev–Trinajstić information content (AvgIpc) is 2.75. The number of nitro benzene ring substituents is 1. The highest BCUT2D eigenvalue weighted by molar-refractivity contribution is 7.92. The number of rotatable bonds is 9. The number of sulfonamides is 1. The van der Waals surface area contributed by atoms with Gasteiger partial charge in [0.25, 0.3) is 5.69 Å². The van der Waals surface area contributed by atoms with E-state index in [-0.39, 0.29) is 36.7 Å². The highest BCUT2D eigenvalue weighted by Crippen LogP contribution is 2.27. The minimum Gasteiger partial charge on any atom is -0.352 e. The molecule has 32 heavy (non-hydrogen) atoms. The number of anilines is 1. The van der Waals surface area contributed by atoms with Crippen LogP contribution in [0.1, 0.15) is 24.0 Å². The van der Waals surface area contributed by atoms with Gasteiger partial charge in [-0.3, -0.25) is 19.2 Å². The van der Waals surface area contributed by atoms with Crippen LogP contribution in [0, 0.1) is 17.0 Å². The van der Waals surface area contributed by atoms with Gasteiger partial charge in [-0.1, -0.05) is 48.5 Å². The molecular formula is C23H25N3O5S. The summed E-state index contributed by atoms with van der Waals surface area (Å²) in [7, 11) is -3.68. The zero-order valence-electron chi connectivity index (χ0n) is 17.9. The third kappa shape index (κ3) is 5.61. The molecule has 3 aromatic carbocycles. The number of aryl methyl sites for hydroxylation is 1. The Kier molecular flexibility index (Phi) is 7.09. The van der Waals surface area contributed by atoms with Gasteiger partial charge in [0.2, 0.25) is 15.9 Å². The van der Waals surface area contributed by atoms with Crippen molar-refractivity contribution in [2.75, 3.05) is 17.1 Å². The lowest BCUT2D eigenvalue weighted by Crippen LogP contribution is -2.32. The molecular weight excluding hydrogens is 430 g/mol. The number of carbonyl (C=O) groups excluding carboxylic acids is 1. The van der Waals surface area contributed by atoms with E-state index in [1.165, 1.54) is 18.2 Å². The van der Waals surface area contributed by atoms with Crippen LogP contribution in [0.5, 0.6) is 0 Å². The molecule has 0 fully saturated rings. The predicted molar refractivity (Wildman–Crippen MR) is 125 cm³/mol. The monoisotopic (exact) mass is 455 g/mol. The molecule has 9 heteroatoms. The Labute approximate surface area is 187 Å². The summed E-state index contributed by atoms with van der Waals surface area (Å²) in [6.07, 6.45) is 1.45. The zero-order chi connectivity index (χ0) is 23.3. The predicted octanol–water partition coefficient (Wildman–Crippen LogP) is 3.92. The van der Waals surface area contributed by atoms with Crippen LogP contribution in [0.15, 0.2) is 60.7 Å². The number of hydrogen-bond donors (Lipinski definition) is 1. The maximum Gasteiger partial charge on any atom is 0.271 e. The molecule has 0 bridgehead atoms. The summed E-state index contributed by atoms with van der Waals surface area (Å²) < 4.78 is 25.8. The molecule has 1 amide bonds. The van der Waals surface area contributed by atoms with Gasteiger partial charge in [-0.05, 0) is 35.2 Å². The van der Waals surface area contributed by atoms with Crippen LogP contribution in [0.25, 0.3) is 10.8 Å². The first-order valence-electron chi connectivity index (χ1n) is 10.1. The number of amides is 1. The van der Waals surface area contributed by atoms with Gasteiger partial charge in [-0.25, -0.2) is 8.42 Å². The van der Waals surface area contributed by atoms with E-state index >= 15 is 0 Å². The van der Waals surface area contributed by atoms with Crippen molar-refractivity contribution in [3.05, 3.63) is 81.9 Å². The molecule has 0 spiro atoms. The summed E-state index contributed by atoms with van der Waals surface area (Å²) in [6.45, 7) is 2.11. The Morgan fingerprint density at radius 3 is 2.53 bits per heavy atom. The lowest BCUT2D eigenvalue weighted by atomic mass is 10.0. The number of hydrogen-bond acceptors (Lipinski definition) is 5. The first-order chi connectivity index (χ1) is 15.2. The van der Waals surface area contributed by atoms with E-state index in [0.29, 0.717) is 12.1 Å². The second-order valence-electron chi connectivity index (χ2n) is 7.58. The Morgan fingerprint density at radius 2 is 1.81 bits per heavy atom. The van der Waals surface area contributed by atoms with Crippen LogP contribution >= 0.6 is 0 Å². The van der Waals surface area contributed by atoms with Gasteiger partial charge in [0.1, 0.15) is 0 Å². The summed E-state index contributed by atoms with van der Waals surface area (Å²) >= 11 is 0. The van der Waals surface area contributed by atoms with Crippen molar-refractivity contribution in [2.24, 2.45) is 0 Å². The van der Waals surface area contributed by atoms with Crippen molar-refractivity contribution in [2.45, 2.75) is 26.3 Å². The average molecular weight is 456 g/mol. The highest BCUT2D eigenvalue weighted by atomic mass is 32.2. The molecule has 0 aliphatic carbocycles. The molecule has 1 N–H and O–H groups in total. The van der Waals surface area contributed by atoms with Crippen molar-refractivity contribution in [3.63, 3.8) is 0 Å². The third-order valence-corrected chi connectivity index (χ3v) is 6.37. The van der Waals surface area contributed by atoms with Crippen LogP contribution in [-0.4, -0.2) is 32.0 Å². The van der Waals surface area contributed by atoms with E-state index in [9.17, 15) is 23.3 Å². The number of nitrogens with zero attached hydrogens (tertiary/aromatic N) is 2. The number of fused-ring (bicyclic) bond motifs is 1. The van der Waals surface area contributed by atoms with Gasteiger partial charge in [0, 0.05) is 31.6 Å². The normalized spacial score (nSPS) is 11.3. The molecule has 0 aromatic heterocycles. The molecule has 0 radical (unpaired) electrons. The smallest absolute Gasteiger partial charge is 0.271 e. The summed E-state index contributed by atoms with van der Waals surface area (Å²) in [4.78, 5) is 22.9. The van der Waals surface area contributed by atoms with Crippen LogP contribution < -0.4 is 9.62 Å². The Bertz CT molecular complexity index is 1250. The molecule has 0 saturated heterocycles. The maximum atomic E-state index is 12.4. The fourth-order valence-corrected chi connectivity index (χ4v) is 4.57. The number of non-ortho nitro benzene ring substituents is 1. The second-order valence-corrected chi connectivity index (χ2v) is 9.49. The quantitative estimate of drug-likeness (QED) is 0.388. The molecule has 0 saturated carbocycles. The minimum absolute atomic E-state index is 0.0442. The molecule has 3 rings (SSSR count). The van der Waals surface area contributed by atoms with Crippen molar-refractivity contribution in [1.29, 1.82) is 0 Å². The standard InChI is InChI=1S/C23H25N3O5S/c1-17-12-13-20(26(28)29)15-22(17)25(32(2,30)31)14-6-11-23(27)24-16-19-9-5-8-18-7-3-4-10-21(18)19/h3-5,7-10,12-13,15H,6,11,14,16H2,1-2H3,(H,24,27). The molecule has 0 unspecified atom stereocenters. The first kappa shape index (κ1) is 23.2. The summed E-state index contributed by atoms with van der Waals surface area (Å²) in [5.74, 6) is -0.192. The van der Waals surface area contributed by atoms with E-state index in [4.69, 9.17) is 0 Å². The SMILES string of the molecule is Cc1ccc([N+](=O)[O-])cc1N(CCCC(=O)NCc1cccc2ccccc12)S(C)(=O)=O. The number of nitrogens with one attached hydrogen (secondary N) is 1. The minimum atomic E-state index is -3.68. The molecule has 0 heterocycles. The summed E-state index contributed by atoms with van der Waals surface area (Å²) in [5.41, 5.74) is 1.66.